The van der Waals surface area contributed by atoms with Crippen molar-refractivity contribution in [3.05, 3.63) is 99.4 Å². The Morgan fingerprint density at radius 2 is 1.79 bits per heavy atom. The Kier molecular flexibility index (Phi) is 8.56. The molecule has 39 heavy (non-hydrogen) atoms. The predicted octanol–water partition coefficient (Wildman–Crippen LogP) is 4.46. The minimum absolute atomic E-state index is 0.0144. The SMILES string of the molecule is COc1ccc(NC(=O)CSc2nnc(CNC(=O)c3cccc([N+](=O)[O-])c3C)n2-c2cccc(C)c2)cc1. The van der Waals surface area contributed by atoms with Crippen molar-refractivity contribution in [1.29, 1.82) is 0 Å². The van der Waals surface area contributed by atoms with Gasteiger partial charge in [0.1, 0.15) is 5.75 Å². The lowest BCUT2D eigenvalue weighted by Crippen LogP contribution is -2.25. The fraction of sp³-hybridized carbons (Fsp3) is 0.185. The van der Waals surface area contributed by atoms with Crippen molar-refractivity contribution in [2.24, 2.45) is 0 Å². The Balaban J connectivity index is 1.51. The summed E-state index contributed by atoms with van der Waals surface area (Å²) in [5, 5.41) is 25.9. The number of hydrogen-bond donors (Lipinski definition) is 2. The minimum atomic E-state index is -0.519. The molecule has 4 rings (SSSR count). The monoisotopic (exact) mass is 546 g/mol. The molecular formula is C27H26N6O5S. The normalized spacial score (nSPS) is 10.6. The molecule has 0 unspecified atom stereocenters. The fourth-order valence-corrected chi connectivity index (χ4v) is 4.63. The molecule has 200 valence electrons. The summed E-state index contributed by atoms with van der Waals surface area (Å²) < 4.78 is 6.91. The zero-order valence-corrected chi connectivity index (χ0v) is 22.3. The first-order chi connectivity index (χ1) is 18.8. The maximum Gasteiger partial charge on any atom is 0.273 e. The molecule has 0 atom stereocenters. The second-order valence-electron chi connectivity index (χ2n) is 8.53. The smallest absolute Gasteiger partial charge is 0.273 e. The molecule has 0 radical (unpaired) electrons. The standard InChI is InChI=1S/C27H26N6O5S/c1-17-6-4-7-20(14-17)32-24(15-28-26(35)22-8-5-9-23(18(22)2)33(36)37)30-31-27(32)39-16-25(34)29-19-10-12-21(38-3)13-11-19/h4-14H,15-16H2,1-3H3,(H,28,35)(H,29,34). The molecular weight excluding hydrogens is 520 g/mol. The average molecular weight is 547 g/mol. The van der Waals surface area contributed by atoms with Gasteiger partial charge in [0.15, 0.2) is 11.0 Å². The predicted molar refractivity (Wildman–Crippen MR) is 147 cm³/mol. The Labute approximate surface area is 228 Å². The molecule has 0 spiro atoms. The van der Waals surface area contributed by atoms with E-state index in [1.807, 2.05) is 31.2 Å². The van der Waals surface area contributed by atoms with E-state index < -0.39 is 10.8 Å². The number of nitrogens with zero attached hydrogens (tertiary/aromatic N) is 4. The van der Waals surface area contributed by atoms with Crippen LogP contribution in [0.4, 0.5) is 11.4 Å². The molecule has 0 bridgehead atoms. The Morgan fingerprint density at radius 3 is 2.49 bits per heavy atom. The highest BCUT2D eigenvalue weighted by molar-refractivity contribution is 7.99. The van der Waals surface area contributed by atoms with Crippen molar-refractivity contribution in [3.63, 3.8) is 0 Å². The van der Waals surface area contributed by atoms with Crippen molar-refractivity contribution in [2.75, 3.05) is 18.2 Å². The van der Waals surface area contributed by atoms with Gasteiger partial charge >= 0.3 is 0 Å². The Hall–Kier alpha value is -4.71. The molecule has 0 fully saturated rings. The van der Waals surface area contributed by atoms with Gasteiger partial charge in [0.2, 0.25) is 5.91 Å². The number of carbonyl (C=O) groups is 2. The number of carbonyl (C=O) groups excluding carboxylic acids is 2. The minimum Gasteiger partial charge on any atom is -0.497 e. The van der Waals surface area contributed by atoms with Crippen LogP contribution >= 0.6 is 11.8 Å². The lowest BCUT2D eigenvalue weighted by Gasteiger charge is -2.12. The molecule has 0 aliphatic carbocycles. The highest BCUT2D eigenvalue weighted by Crippen LogP contribution is 2.24. The van der Waals surface area contributed by atoms with E-state index in [-0.39, 0.29) is 35.0 Å². The molecule has 11 nitrogen and oxygen atoms in total. The largest absolute Gasteiger partial charge is 0.497 e. The number of hydrogen-bond acceptors (Lipinski definition) is 8. The van der Waals surface area contributed by atoms with Gasteiger partial charge in [-0.1, -0.05) is 30.0 Å². The van der Waals surface area contributed by atoms with Crippen molar-refractivity contribution < 1.29 is 19.2 Å². The van der Waals surface area contributed by atoms with E-state index >= 15 is 0 Å². The quantitative estimate of drug-likeness (QED) is 0.169. The van der Waals surface area contributed by atoms with Crippen LogP contribution in [0.15, 0.2) is 71.9 Å². The molecule has 3 aromatic carbocycles. The average Bonchev–Trinajstić information content (AvgIpc) is 3.33. The third kappa shape index (κ3) is 6.60. The highest BCUT2D eigenvalue weighted by atomic mass is 32.2. The summed E-state index contributed by atoms with van der Waals surface area (Å²) >= 11 is 1.21. The Bertz CT molecular complexity index is 1520. The lowest BCUT2D eigenvalue weighted by molar-refractivity contribution is -0.385. The van der Waals surface area contributed by atoms with Crippen LogP contribution in [-0.2, 0) is 11.3 Å². The van der Waals surface area contributed by atoms with Crippen molar-refractivity contribution in [2.45, 2.75) is 25.5 Å². The fourth-order valence-electron chi connectivity index (χ4n) is 3.86. The van der Waals surface area contributed by atoms with Gasteiger partial charge in [0.05, 0.1) is 24.3 Å². The van der Waals surface area contributed by atoms with Crippen LogP contribution in [0.3, 0.4) is 0 Å². The van der Waals surface area contributed by atoms with Crippen LogP contribution in [-0.4, -0.2) is 44.4 Å². The molecule has 4 aromatic rings. The molecule has 12 heteroatoms. The van der Waals surface area contributed by atoms with Crippen LogP contribution in [0.25, 0.3) is 5.69 Å². The third-order valence-electron chi connectivity index (χ3n) is 5.82. The number of ether oxygens (including phenoxy) is 1. The van der Waals surface area contributed by atoms with E-state index in [9.17, 15) is 19.7 Å². The first-order valence-electron chi connectivity index (χ1n) is 11.9. The van der Waals surface area contributed by atoms with Crippen LogP contribution in [0.2, 0.25) is 0 Å². The number of nitro benzene ring substituents is 1. The first kappa shape index (κ1) is 27.3. The second kappa shape index (κ2) is 12.2. The van der Waals surface area contributed by atoms with Gasteiger partial charge in [0.25, 0.3) is 11.6 Å². The van der Waals surface area contributed by atoms with E-state index in [4.69, 9.17) is 4.74 Å². The van der Waals surface area contributed by atoms with E-state index in [1.54, 1.807) is 35.9 Å². The van der Waals surface area contributed by atoms with Crippen LogP contribution in [0, 0.1) is 24.0 Å². The number of nitro groups is 1. The van der Waals surface area contributed by atoms with Gasteiger partial charge < -0.3 is 15.4 Å². The number of aryl methyl sites for hydroxylation is 1. The molecule has 1 aromatic heterocycles. The number of methoxy groups -OCH3 is 1. The summed E-state index contributed by atoms with van der Waals surface area (Å²) in [5.41, 5.74) is 2.78. The number of benzene rings is 3. The van der Waals surface area contributed by atoms with Crippen molar-refractivity contribution in [1.82, 2.24) is 20.1 Å². The maximum absolute atomic E-state index is 12.9. The summed E-state index contributed by atoms with van der Waals surface area (Å²) in [5.74, 6) is 0.516. The van der Waals surface area contributed by atoms with E-state index in [2.05, 4.69) is 20.8 Å². The maximum atomic E-state index is 12.9. The zero-order chi connectivity index (χ0) is 27.9. The molecule has 0 aliphatic heterocycles. The van der Waals surface area contributed by atoms with Gasteiger partial charge in [0, 0.05) is 28.6 Å². The lowest BCUT2D eigenvalue weighted by atomic mass is 10.1. The molecule has 1 heterocycles. The van der Waals surface area contributed by atoms with E-state index in [0.29, 0.717) is 22.4 Å². The Morgan fingerprint density at radius 1 is 1.05 bits per heavy atom. The van der Waals surface area contributed by atoms with Crippen LogP contribution < -0.4 is 15.4 Å². The van der Waals surface area contributed by atoms with Crippen molar-refractivity contribution in [3.8, 4) is 11.4 Å². The summed E-state index contributed by atoms with van der Waals surface area (Å²) in [6, 6.07) is 19.1. The van der Waals surface area contributed by atoms with E-state index in [1.165, 1.54) is 36.9 Å². The van der Waals surface area contributed by atoms with Gasteiger partial charge in [-0.05, 0) is 61.9 Å². The molecule has 2 N–H and O–H groups in total. The zero-order valence-electron chi connectivity index (χ0n) is 21.5. The number of thioether (sulfide) groups is 1. The van der Waals surface area contributed by atoms with E-state index in [0.717, 1.165) is 11.3 Å². The molecule has 2 amide bonds. The number of aromatic nitrogens is 3. The summed E-state index contributed by atoms with van der Waals surface area (Å²) in [6.07, 6.45) is 0. The topological polar surface area (TPSA) is 141 Å². The van der Waals surface area contributed by atoms with Crippen LogP contribution in [0.5, 0.6) is 5.75 Å². The van der Waals surface area contributed by atoms with Crippen molar-refractivity contribution >= 4 is 35.0 Å². The number of rotatable bonds is 10. The second-order valence-corrected chi connectivity index (χ2v) is 9.47. The molecule has 0 aliphatic rings. The van der Waals surface area contributed by atoms with Crippen LogP contribution in [0.1, 0.15) is 27.3 Å². The highest BCUT2D eigenvalue weighted by Gasteiger charge is 2.20. The number of anilines is 1. The van der Waals surface area contributed by atoms with Gasteiger partial charge in [-0.25, -0.2) is 0 Å². The summed E-state index contributed by atoms with van der Waals surface area (Å²) in [4.78, 5) is 36.2. The summed E-state index contributed by atoms with van der Waals surface area (Å²) in [6.45, 7) is 3.50. The number of amides is 2. The first-order valence-corrected chi connectivity index (χ1v) is 12.9. The van der Waals surface area contributed by atoms with Gasteiger partial charge in [-0.15, -0.1) is 10.2 Å². The van der Waals surface area contributed by atoms with Gasteiger partial charge in [-0.2, -0.15) is 0 Å². The molecule has 0 saturated carbocycles. The third-order valence-corrected chi connectivity index (χ3v) is 6.75. The molecule has 0 saturated heterocycles. The number of nitrogens with one attached hydrogen (secondary N) is 2. The summed E-state index contributed by atoms with van der Waals surface area (Å²) in [7, 11) is 1.57. The van der Waals surface area contributed by atoms with Gasteiger partial charge in [-0.3, -0.25) is 24.3 Å².